The van der Waals surface area contributed by atoms with E-state index in [0.29, 0.717) is 25.9 Å². The molecule has 0 aromatic carbocycles. The number of carbonyl (C=O) groups is 2. The van der Waals surface area contributed by atoms with Gasteiger partial charge < -0.3 is 20.3 Å². The van der Waals surface area contributed by atoms with E-state index in [1.165, 1.54) is 372 Å². The summed E-state index contributed by atoms with van der Waals surface area (Å²) in [6, 6.07) is -0.538. The monoisotopic (exact) mass is 1220 g/mol. The zero-order valence-electron chi connectivity index (χ0n) is 59.3. The fourth-order valence-corrected chi connectivity index (χ4v) is 12.9. The number of esters is 1. The van der Waals surface area contributed by atoms with Gasteiger partial charge in [0.1, 0.15) is 0 Å². The van der Waals surface area contributed by atoms with Crippen LogP contribution in [-0.4, -0.2) is 47.4 Å². The van der Waals surface area contributed by atoms with E-state index in [4.69, 9.17) is 4.74 Å². The van der Waals surface area contributed by atoms with Gasteiger partial charge in [0.15, 0.2) is 0 Å². The first-order chi connectivity index (χ1) is 43.0. The summed E-state index contributed by atoms with van der Waals surface area (Å²) in [6.07, 6.45) is 98.5. The van der Waals surface area contributed by atoms with Gasteiger partial charge in [-0.1, -0.05) is 417 Å². The van der Waals surface area contributed by atoms with Gasteiger partial charge in [-0.15, -0.1) is 0 Å². The Bertz CT molecular complexity index is 1360. The predicted molar refractivity (Wildman–Crippen MR) is 384 cm³/mol. The molecule has 0 spiro atoms. The molecule has 0 saturated heterocycles. The van der Waals surface area contributed by atoms with Crippen molar-refractivity contribution >= 4 is 11.9 Å². The summed E-state index contributed by atoms with van der Waals surface area (Å²) in [5.41, 5.74) is 0. The Kier molecular flexibility index (Phi) is 75.3. The molecule has 0 saturated carbocycles. The van der Waals surface area contributed by atoms with Crippen LogP contribution in [0.3, 0.4) is 0 Å². The highest BCUT2D eigenvalue weighted by molar-refractivity contribution is 5.76. The second-order valence-electron chi connectivity index (χ2n) is 27.8. The van der Waals surface area contributed by atoms with Gasteiger partial charge in [-0.2, -0.15) is 0 Å². The van der Waals surface area contributed by atoms with E-state index in [-0.39, 0.29) is 18.5 Å². The zero-order chi connectivity index (χ0) is 62.8. The van der Waals surface area contributed by atoms with Crippen LogP contribution in [0.2, 0.25) is 0 Å². The Balaban J connectivity index is 3.32. The Morgan fingerprint density at radius 2 is 0.598 bits per heavy atom. The number of hydrogen-bond donors (Lipinski definition) is 3. The van der Waals surface area contributed by atoms with Crippen LogP contribution in [-0.2, 0) is 14.3 Å². The van der Waals surface area contributed by atoms with Crippen LogP contribution >= 0.6 is 0 Å². The molecule has 0 rings (SSSR count). The zero-order valence-corrected chi connectivity index (χ0v) is 59.3. The molecule has 0 aliphatic carbocycles. The lowest BCUT2D eigenvalue weighted by molar-refractivity contribution is -0.143. The largest absolute Gasteiger partial charge is 0.466 e. The third kappa shape index (κ3) is 73.3. The minimum absolute atomic E-state index is 0.00800. The van der Waals surface area contributed by atoms with E-state index in [1.54, 1.807) is 0 Å². The number of aliphatic hydroxyl groups is 2. The summed E-state index contributed by atoms with van der Waals surface area (Å²) in [7, 11) is 0. The summed E-state index contributed by atoms with van der Waals surface area (Å²) in [5, 5.41) is 23.5. The molecule has 0 heterocycles. The molecule has 0 aliphatic rings. The SMILES string of the molecule is CCC/C=C\C/C=C\CCCCCCCC(=O)OCCCCCCCCCCCCCCCCCCCCCCCCCCCCCCCCCCCCCC(=O)NC(CO)C(O)CCCCCCCCCCCCCCCCCCCCCCCC. The van der Waals surface area contributed by atoms with E-state index < -0.39 is 12.1 Å². The molecule has 0 fully saturated rings. The van der Waals surface area contributed by atoms with Crippen LogP contribution in [0, 0.1) is 0 Å². The summed E-state index contributed by atoms with van der Waals surface area (Å²) < 4.78 is 5.48. The lowest BCUT2D eigenvalue weighted by Gasteiger charge is -2.22. The van der Waals surface area contributed by atoms with Crippen LogP contribution in [0.1, 0.15) is 457 Å². The van der Waals surface area contributed by atoms with Crippen molar-refractivity contribution in [1.29, 1.82) is 0 Å². The number of amides is 1. The van der Waals surface area contributed by atoms with Crippen LogP contribution in [0.5, 0.6) is 0 Å². The van der Waals surface area contributed by atoms with Crippen molar-refractivity contribution in [2.45, 2.75) is 469 Å². The van der Waals surface area contributed by atoms with Gasteiger partial charge in [0.05, 0.1) is 25.4 Å². The van der Waals surface area contributed by atoms with Crippen molar-refractivity contribution in [3.05, 3.63) is 24.3 Å². The summed E-state index contributed by atoms with van der Waals surface area (Å²) >= 11 is 0. The summed E-state index contributed by atoms with van der Waals surface area (Å²) in [5.74, 6) is -0.0160. The normalized spacial score (nSPS) is 12.6. The maximum Gasteiger partial charge on any atom is 0.305 e. The smallest absolute Gasteiger partial charge is 0.305 e. The molecule has 0 aliphatic heterocycles. The molecule has 516 valence electrons. The highest BCUT2D eigenvalue weighted by Gasteiger charge is 2.20. The number of unbranched alkanes of at least 4 members (excludes halogenated alkanes) is 61. The molecule has 2 unspecified atom stereocenters. The highest BCUT2D eigenvalue weighted by atomic mass is 16.5. The molecular formula is C81H157NO5. The fourth-order valence-electron chi connectivity index (χ4n) is 12.9. The Morgan fingerprint density at radius 3 is 0.920 bits per heavy atom. The summed E-state index contributed by atoms with van der Waals surface area (Å²) in [4.78, 5) is 24.6. The first-order valence-electron chi connectivity index (χ1n) is 40.1. The van der Waals surface area contributed by atoms with Crippen LogP contribution in [0.4, 0.5) is 0 Å². The molecule has 87 heavy (non-hydrogen) atoms. The molecule has 0 radical (unpaired) electrons. The van der Waals surface area contributed by atoms with Gasteiger partial charge in [-0.25, -0.2) is 0 Å². The summed E-state index contributed by atoms with van der Waals surface area (Å²) in [6.45, 7) is 4.94. The molecule has 6 nitrogen and oxygen atoms in total. The third-order valence-corrected chi connectivity index (χ3v) is 19.0. The Morgan fingerprint density at radius 1 is 0.322 bits per heavy atom. The van der Waals surface area contributed by atoms with Crippen molar-refractivity contribution in [2.24, 2.45) is 0 Å². The molecule has 0 aromatic heterocycles. The van der Waals surface area contributed by atoms with Crippen molar-refractivity contribution in [2.75, 3.05) is 13.2 Å². The Labute approximate surface area is 545 Å². The average Bonchev–Trinajstić information content (AvgIpc) is 3.54. The first kappa shape index (κ1) is 85.3. The molecule has 1 amide bonds. The number of allylic oxidation sites excluding steroid dienone is 4. The van der Waals surface area contributed by atoms with Crippen molar-refractivity contribution in [3.63, 3.8) is 0 Å². The van der Waals surface area contributed by atoms with E-state index in [9.17, 15) is 19.8 Å². The lowest BCUT2D eigenvalue weighted by atomic mass is 10.0. The third-order valence-electron chi connectivity index (χ3n) is 19.0. The number of ether oxygens (including phenoxy) is 1. The van der Waals surface area contributed by atoms with Crippen LogP contribution in [0.25, 0.3) is 0 Å². The van der Waals surface area contributed by atoms with Gasteiger partial charge in [0.25, 0.3) is 0 Å². The topological polar surface area (TPSA) is 95.9 Å². The van der Waals surface area contributed by atoms with Gasteiger partial charge in [0.2, 0.25) is 5.91 Å². The van der Waals surface area contributed by atoms with Crippen molar-refractivity contribution in [3.8, 4) is 0 Å². The Hall–Kier alpha value is -1.66. The molecule has 2 atom stereocenters. The maximum absolute atomic E-state index is 12.6. The molecule has 0 aromatic rings. The second-order valence-corrected chi connectivity index (χ2v) is 27.8. The first-order valence-corrected chi connectivity index (χ1v) is 40.1. The predicted octanol–water partition coefficient (Wildman–Crippen LogP) is 26.4. The maximum atomic E-state index is 12.6. The number of nitrogens with one attached hydrogen (secondary N) is 1. The lowest BCUT2D eigenvalue weighted by Crippen LogP contribution is -2.45. The number of rotatable bonds is 76. The number of hydrogen-bond acceptors (Lipinski definition) is 5. The van der Waals surface area contributed by atoms with Gasteiger partial charge in [-0.3, -0.25) is 9.59 Å². The van der Waals surface area contributed by atoms with E-state index in [0.717, 1.165) is 51.4 Å². The quantitative estimate of drug-likeness (QED) is 0.0320. The highest BCUT2D eigenvalue weighted by Crippen LogP contribution is 2.20. The fraction of sp³-hybridized carbons (Fsp3) is 0.926. The van der Waals surface area contributed by atoms with Crippen LogP contribution < -0.4 is 5.32 Å². The van der Waals surface area contributed by atoms with E-state index >= 15 is 0 Å². The van der Waals surface area contributed by atoms with E-state index in [2.05, 4.69) is 43.5 Å². The molecule has 0 bridgehead atoms. The standard InChI is InChI=1S/C81H157NO5/c1-3-5-7-9-11-13-15-17-18-19-20-21-37-40-43-46-50-53-57-61-65-69-73-79(84)78(77-83)82-80(85)74-70-66-62-58-54-51-47-44-41-38-35-33-31-29-27-25-23-22-24-26-28-30-32-34-36-39-42-45-48-52-56-60-64-68-72-76-87-81(86)75-71-67-63-59-55-49-16-14-12-10-8-6-4-2/h8,10,14,16,78-79,83-84H,3-7,9,11-13,15,17-77H2,1-2H3,(H,82,85)/b10-8-,16-14-. The molecular weight excluding hydrogens is 1070 g/mol. The van der Waals surface area contributed by atoms with Gasteiger partial charge in [0, 0.05) is 12.8 Å². The molecule has 6 heteroatoms. The number of aliphatic hydroxyl groups excluding tert-OH is 2. The van der Waals surface area contributed by atoms with Crippen LogP contribution in [0.15, 0.2) is 24.3 Å². The van der Waals surface area contributed by atoms with E-state index in [1.807, 2.05) is 0 Å². The molecule has 3 N–H and O–H groups in total. The van der Waals surface area contributed by atoms with Crippen molar-refractivity contribution < 1.29 is 24.5 Å². The minimum atomic E-state index is -0.661. The van der Waals surface area contributed by atoms with Crippen molar-refractivity contribution in [1.82, 2.24) is 5.32 Å². The number of carbonyl (C=O) groups excluding carboxylic acids is 2. The average molecular weight is 1230 g/mol. The van der Waals surface area contributed by atoms with Gasteiger partial charge in [-0.05, 0) is 51.4 Å². The van der Waals surface area contributed by atoms with Gasteiger partial charge >= 0.3 is 5.97 Å². The minimum Gasteiger partial charge on any atom is -0.466 e. The second kappa shape index (κ2) is 76.8.